The van der Waals surface area contributed by atoms with Crippen molar-refractivity contribution >= 4 is 5.91 Å². The topological polar surface area (TPSA) is 62.5 Å². The fourth-order valence-electron chi connectivity index (χ4n) is 4.63. The van der Waals surface area contributed by atoms with Crippen LogP contribution in [0.5, 0.6) is 0 Å². The lowest BCUT2D eigenvalue weighted by molar-refractivity contribution is -0.136. The number of hydrogen-bond donors (Lipinski definition) is 0. The Bertz CT molecular complexity index is 839. The number of rotatable bonds is 4. The van der Waals surface area contributed by atoms with Crippen LogP contribution in [0.25, 0.3) is 11.3 Å². The van der Waals surface area contributed by atoms with Gasteiger partial charge in [0.05, 0.1) is 23.0 Å². The third-order valence-corrected chi connectivity index (χ3v) is 6.31. The van der Waals surface area contributed by atoms with Crippen molar-refractivity contribution in [3.05, 3.63) is 35.3 Å². The molecular formula is C22H30N4O2. The Labute approximate surface area is 166 Å². The van der Waals surface area contributed by atoms with Gasteiger partial charge >= 0.3 is 0 Å². The third-order valence-electron chi connectivity index (χ3n) is 6.31. The Morgan fingerprint density at radius 1 is 1.21 bits per heavy atom. The second-order valence-corrected chi connectivity index (χ2v) is 8.11. The first kappa shape index (κ1) is 19.1. The van der Waals surface area contributed by atoms with E-state index in [9.17, 15) is 4.79 Å². The smallest absolute Gasteiger partial charge is 0.239 e. The zero-order chi connectivity index (χ0) is 19.7. The van der Waals surface area contributed by atoms with Gasteiger partial charge in [-0.3, -0.25) is 14.7 Å². The molecule has 2 aliphatic rings. The van der Waals surface area contributed by atoms with Gasteiger partial charge in [0.2, 0.25) is 5.91 Å². The molecule has 2 aromatic heterocycles. The molecule has 1 amide bonds. The van der Waals surface area contributed by atoms with Gasteiger partial charge in [-0.1, -0.05) is 18.1 Å². The van der Waals surface area contributed by atoms with Crippen molar-refractivity contribution in [1.82, 2.24) is 19.9 Å². The summed E-state index contributed by atoms with van der Waals surface area (Å²) in [5.41, 5.74) is 3.98. The molecule has 0 bridgehead atoms. The maximum absolute atomic E-state index is 12.8. The summed E-state index contributed by atoms with van der Waals surface area (Å²) in [6.07, 6.45) is 4.88. The molecule has 6 nitrogen and oxygen atoms in total. The van der Waals surface area contributed by atoms with Crippen LogP contribution in [-0.4, -0.2) is 58.6 Å². The van der Waals surface area contributed by atoms with Crippen molar-refractivity contribution in [1.29, 1.82) is 0 Å². The van der Waals surface area contributed by atoms with E-state index < -0.39 is 0 Å². The number of carbonyl (C=O) groups excluding carboxylic acids is 1. The molecule has 2 fully saturated rings. The number of aryl methyl sites for hydroxylation is 2. The Kier molecular flexibility index (Phi) is 5.49. The van der Waals surface area contributed by atoms with Crippen molar-refractivity contribution in [2.75, 3.05) is 26.7 Å². The minimum Gasteiger partial charge on any atom is -0.360 e. The van der Waals surface area contributed by atoms with Gasteiger partial charge in [-0.2, -0.15) is 0 Å². The van der Waals surface area contributed by atoms with Gasteiger partial charge in [0.25, 0.3) is 0 Å². The highest BCUT2D eigenvalue weighted by Gasteiger charge is 2.33. The minimum absolute atomic E-state index is 0.0852. The SMILES string of the molecule is CCc1onc(C)c1-c1cccc(C2CCN(C(=O)C3CCCN3C)CC2)n1. The molecule has 2 aromatic rings. The second-order valence-electron chi connectivity index (χ2n) is 8.11. The number of carbonyl (C=O) groups is 1. The quantitative estimate of drug-likeness (QED) is 0.811. The number of hydrogen-bond acceptors (Lipinski definition) is 5. The van der Waals surface area contributed by atoms with Crippen LogP contribution in [0.1, 0.15) is 55.7 Å². The monoisotopic (exact) mass is 382 g/mol. The van der Waals surface area contributed by atoms with E-state index >= 15 is 0 Å². The number of piperidine rings is 1. The van der Waals surface area contributed by atoms with Crippen LogP contribution in [-0.2, 0) is 11.2 Å². The Morgan fingerprint density at radius 2 is 2.00 bits per heavy atom. The highest BCUT2D eigenvalue weighted by molar-refractivity contribution is 5.82. The third kappa shape index (κ3) is 3.58. The first-order valence-electron chi connectivity index (χ1n) is 10.5. The van der Waals surface area contributed by atoms with Crippen molar-refractivity contribution in [3.8, 4) is 11.3 Å². The molecule has 1 unspecified atom stereocenters. The van der Waals surface area contributed by atoms with Crippen LogP contribution in [0.15, 0.2) is 22.7 Å². The van der Waals surface area contributed by atoms with E-state index in [1.807, 2.05) is 13.0 Å². The summed E-state index contributed by atoms with van der Waals surface area (Å²) < 4.78 is 5.44. The zero-order valence-corrected chi connectivity index (χ0v) is 17.1. The number of aromatic nitrogens is 2. The van der Waals surface area contributed by atoms with E-state index in [0.29, 0.717) is 11.8 Å². The number of amides is 1. The Morgan fingerprint density at radius 3 is 2.68 bits per heavy atom. The normalized spacial score (nSPS) is 21.4. The number of pyridine rings is 1. The van der Waals surface area contributed by atoms with E-state index in [1.54, 1.807) is 0 Å². The summed E-state index contributed by atoms with van der Waals surface area (Å²) in [5, 5.41) is 4.12. The Balaban J connectivity index is 1.45. The molecule has 28 heavy (non-hydrogen) atoms. The molecule has 1 atom stereocenters. The van der Waals surface area contributed by atoms with Gasteiger partial charge in [-0.15, -0.1) is 0 Å². The van der Waals surface area contributed by atoms with Crippen molar-refractivity contribution < 1.29 is 9.32 Å². The van der Waals surface area contributed by atoms with Crippen LogP contribution in [0.3, 0.4) is 0 Å². The van der Waals surface area contributed by atoms with Gasteiger partial charge in [-0.05, 0) is 58.3 Å². The molecule has 6 heteroatoms. The zero-order valence-electron chi connectivity index (χ0n) is 17.1. The van der Waals surface area contributed by atoms with Gasteiger partial charge in [-0.25, -0.2) is 0 Å². The summed E-state index contributed by atoms with van der Waals surface area (Å²) in [5.74, 6) is 1.60. The fraction of sp³-hybridized carbons (Fsp3) is 0.591. The maximum Gasteiger partial charge on any atom is 0.239 e. The van der Waals surface area contributed by atoms with Crippen LogP contribution >= 0.6 is 0 Å². The van der Waals surface area contributed by atoms with Crippen molar-refractivity contribution in [2.24, 2.45) is 0 Å². The number of likely N-dealkylation sites (N-methyl/N-ethyl adjacent to an activating group) is 1. The van der Waals surface area contributed by atoms with E-state index in [-0.39, 0.29) is 6.04 Å². The molecule has 2 saturated heterocycles. The summed E-state index contributed by atoms with van der Waals surface area (Å²) >= 11 is 0. The lowest BCUT2D eigenvalue weighted by atomic mass is 9.92. The number of likely N-dealkylation sites (tertiary alicyclic amines) is 2. The highest BCUT2D eigenvalue weighted by Crippen LogP contribution is 2.31. The van der Waals surface area contributed by atoms with Gasteiger partial charge in [0.1, 0.15) is 5.76 Å². The first-order chi connectivity index (χ1) is 13.6. The van der Waals surface area contributed by atoms with E-state index in [1.165, 1.54) is 0 Å². The molecule has 0 aromatic carbocycles. The first-order valence-corrected chi connectivity index (χ1v) is 10.5. The summed E-state index contributed by atoms with van der Waals surface area (Å²) in [6.45, 7) is 6.72. The Hall–Kier alpha value is -2.21. The van der Waals surface area contributed by atoms with E-state index in [0.717, 1.165) is 80.1 Å². The largest absolute Gasteiger partial charge is 0.360 e. The lowest BCUT2D eigenvalue weighted by Crippen LogP contribution is -2.47. The van der Waals surface area contributed by atoms with Gasteiger partial charge in [0, 0.05) is 31.1 Å². The summed E-state index contributed by atoms with van der Waals surface area (Å²) in [6, 6.07) is 6.32. The predicted octanol–water partition coefficient (Wildman–Crippen LogP) is 3.41. The van der Waals surface area contributed by atoms with Crippen molar-refractivity contribution in [2.45, 2.75) is 57.9 Å². The van der Waals surface area contributed by atoms with Crippen LogP contribution in [0, 0.1) is 6.92 Å². The van der Waals surface area contributed by atoms with Crippen molar-refractivity contribution in [3.63, 3.8) is 0 Å². The molecule has 0 aliphatic carbocycles. The summed E-state index contributed by atoms with van der Waals surface area (Å²) in [4.78, 5) is 22.0. The average Bonchev–Trinajstić information content (AvgIpc) is 3.32. The van der Waals surface area contributed by atoms with Gasteiger partial charge < -0.3 is 9.42 Å². The molecular weight excluding hydrogens is 352 g/mol. The van der Waals surface area contributed by atoms with Crippen LogP contribution < -0.4 is 0 Å². The molecule has 0 saturated carbocycles. The van der Waals surface area contributed by atoms with E-state index in [2.05, 4.69) is 41.1 Å². The van der Waals surface area contributed by atoms with Crippen LogP contribution in [0.2, 0.25) is 0 Å². The minimum atomic E-state index is 0.0852. The second kappa shape index (κ2) is 8.03. The lowest BCUT2D eigenvalue weighted by Gasteiger charge is -2.34. The molecule has 4 heterocycles. The molecule has 0 N–H and O–H groups in total. The van der Waals surface area contributed by atoms with Crippen LogP contribution in [0.4, 0.5) is 0 Å². The van der Waals surface area contributed by atoms with Gasteiger partial charge in [0.15, 0.2) is 0 Å². The molecule has 0 radical (unpaired) electrons. The standard InChI is InChI=1S/C22H30N4O2/c1-4-20-21(15(2)24-28-20)18-8-5-7-17(23-18)16-10-13-26(14-11-16)22(27)19-9-6-12-25(19)3/h5,7-8,16,19H,4,6,9-14H2,1-3H3. The molecule has 150 valence electrons. The van der Waals surface area contributed by atoms with E-state index in [4.69, 9.17) is 9.51 Å². The highest BCUT2D eigenvalue weighted by atomic mass is 16.5. The predicted molar refractivity (Wildman–Crippen MR) is 108 cm³/mol. The number of nitrogens with zero attached hydrogens (tertiary/aromatic N) is 4. The molecule has 4 rings (SSSR count). The fourth-order valence-corrected chi connectivity index (χ4v) is 4.63. The maximum atomic E-state index is 12.8. The average molecular weight is 383 g/mol. The molecule has 2 aliphatic heterocycles. The molecule has 0 spiro atoms. The summed E-state index contributed by atoms with van der Waals surface area (Å²) in [7, 11) is 2.06.